The van der Waals surface area contributed by atoms with Crippen molar-refractivity contribution in [3.05, 3.63) is 64.0 Å². The zero-order valence-electron chi connectivity index (χ0n) is 16.8. The molecule has 0 amide bonds. The fraction of sp³-hybridized carbons (Fsp3) is 0.286. The molecule has 1 aromatic heterocycles. The normalized spacial score (nSPS) is 13.3. The minimum absolute atomic E-state index is 0.0875. The van der Waals surface area contributed by atoms with Gasteiger partial charge >= 0.3 is 5.97 Å². The van der Waals surface area contributed by atoms with Gasteiger partial charge in [0.15, 0.2) is 6.61 Å². The Morgan fingerprint density at radius 1 is 1.19 bits per heavy atom. The Morgan fingerprint density at radius 2 is 1.94 bits per heavy atom. The van der Waals surface area contributed by atoms with Crippen LogP contribution in [0.15, 0.2) is 47.0 Å². The third-order valence-corrected chi connectivity index (χ3v) is 5.00. The summed E-state index contributed by atoms with van der Waals surface area (Å²) < 4.78 is 15.4. The number of anilines is 1. The highest BCUT2D eigenvalue weighted by Crippen LogP contribution is 2.32. The van der Waals surface area contributed by atoms with Crippen molar-refractivity contribution in [1.82, 2.24) is 10.1 Å². The highest BCUT2D eigenvalue weighted by atomic mass is 16.6. The summed E-state index contributed by atoms with van der Waals surface area (Å²) in [5, 5.41) is 15.4. The number of nitro benzene ring substituents is 1. The van der Waals surface area contributed by atoms with Gasteiger partial charge in [0, 0.05) is 24.7 Å². The van der Waals surface area contributed by atoms with Gasteiger partial charge in [-0.1, -0.05) is 5.16 Å². The van der Waals surface area contributed by atoms with Crippen LogP contribution in [0.2, 0.25) is 0 Å². The average Bonchev–Trinajstić information content (AvgIpc) is 3.49. The molecule has 0 atom stereocenters. The highest BCUT2D eigenvalue weighted by Gasteiger charge is 2.24. The number of benzene rings is 2. The number of rotatable bonds is 7. The Labute approximate surface area is 177 Å². The van der Waals surface area contributed by atoms with Gasteiger partial charge in [-0.05, 0) is 49.2 Å². The molecule has 2 aromatic carbocycles. The smallest absolute Gasteiger partial charge is 0.338 e. The molecule has 1 aliphatic heterocycles. The number of hydrogen-bond acceptors (Lipinski definition) is 9. The summed E-state index contributed by atoms with van der Waals surface area (Å²) >= 11 is 0. The second-order valence-electron chi connectivity index (χ2n) is 6.97. The van der Waals surface area contributed by atoms with Crippen molar-refractivity contribution in [3.8, 4) is 17.1 Å². The van der Waals surface area contributed by atoms with Crippen LogP contribution in [0, 0.1) is 10.1 Å². The molecular weight excluding hydrogens is 404 g/mol. The van der Waals surface area contributed by atoms with Crippen LogP contribution in [0.3, 0.4) is 0 Å². The number of ether oxygens (including phenoxy) is 2. The van der Waals surface area contributed by atoms with Gasteiger partial charge in [0.05, 0.1) is 17.6 Å². The third kappa shape index (κ3) is 4.47. The van der Waals surface area contributed by atoms with Crippen molar-refractivity contribution in [1.29, 1.82) is 0 Å². The van der Waals surface area contributed by atoms with E-state index in [0.29, 0.717) is 17.3 Å². The number of nitro groups is 1. The average molecular weight is 424 g/mol. The van der Waals surface area contributed by atoms with Crippen LogP contribution >= 0.6 is 0 Å². The van der Waals surface area contributed by atoms with Crippen molar-refractivity contribution in [2.45, 2.75) is 19.4 Å². The number of aromatic nitrogens is 2. The molecule has 160 valence electrons. The predicted octanol–water partition coefficient (Wildman–Crippen LogP) is 3.61. The van der Waals surface area contributed by atoms with Crippen LogP contribution in [0.5, 0.6) is 5.75 Å². The van der Waals surface area contributed by atoms with Crippen LogP contribution in [0.1, 0.15) is 29.1 Å². The Morgan fingerprint density at radius 3 is 2.61 bits per heavy atom. The third-order valence-electron chi connectivity index (χ3n) is 5.00. The first-order chi connectivity index (χ1) is 15.0. The molecule has 4 rings (SSSR count). The van der Waals surface area contributed by atoms with Gasteiger partial charge in [-0.2, -0.15) is 4.98 Å². The molecule has 1 aliphatic rings. The van der Waals surface area contributed by atoms with Gasteiger partial charge in [-0.3, -0.25) is 10.1 Å². The Bertz CT molecular complexity index is 1090. The number of carbonyl (C=O) groups is 1. The van der Waals surface area contributed by atoms with E-state index >= 15 is 0 Å². The number of carbonyl (C=O) groups excluding carboxylic acids is 1. The topological polar surface area (TPSA) is 121 Å². The van der Waals surface area contributed by atoms with E-state index in [1.165, 1.54) is 12.1 Å². The van der Waals surface area contributed by atoms with Crippen molar-refractivity contribution in [2.75, 3.05) is 25.1 Å². The van der Waals surface area contributed by atoms with E-state index < -0.39 is 10.9 Å². The first-order valence-corrected chi connectivity index (χ1v) is 9.72. The number of methoxy groups -OCH3 is 1. The van der Waals surface area contributed by atoms with Gasteiger partial charge in [0.25, 0.3) is 11.6 Å². The molecule has 0 radical (unpaired) electrons. The fourth-order valence-electron chi connectivity index (χ4n) is 3.40. The van der Waals surface area contributed by atoms with E-state index in [2.05, 4.69) is 10.1 Å². The summed E-state index contributed by atoms with van der Waals surface area (Å²) in [6.07, 6.45) is 1.98. The lowest BCUT2D eigenvalue weighted by Crippen LogP contribution is -2.19. The molecule has 0 bridgehead atoms. The summed E-state index contributed by atoms with van der Waals surface area (Å²) in [7, 11) is 1.57. The molecule has 0 spiro atoms. The minimum Gasteiger partial charge on any atom is -0.497 e. The van der Waals surface area contributed by atoms with Crippen molar-refractivity contribution < 1.29 is 23.7 Å². The van der Waals surface area contributed by atoms with E-state index in [4.69, 9.17) is 14.0 Å². The fourth-order valence-corrected chi connectivity index (χ4v) is 3.40. The van der Waals surface area contributed by atoms with E-state index in [9.17, 15) is 14.9 Å². The minimum atomic E-state index is -0.708. The Balaban J connectivity index is 1.43. The molecule has 10 nitrogen and oxygen atoms in total. The molecule has 0 unspecified atom stereocenters. The van der Waals surface area contributed by atoms with E-state index in [-0.39, 0.29) is 23.7 Å². The maximum atomic E-state index is 12.4. The summed E-state index contributed by atoms with van der Waals surface area (Å²) in [5.41, 5.74) is 1.20. The van der Waals surface area contributed by atoms with Crippen molar-refractivity contribution >= 4 is 17.3 Å². The van der Waals surface area contributed by atoms with Gasteiger partial charge in [-0.15, -0.1) is 0 Å². The van der Waals surface area contributed by atoms with Gasteiger partial charge in [0.2, 0.25) is 5.82 Å². The number of esters is 1. The second kappa shape index (κ2) is 8.82. The van der Waals surface area contributed by atoms with Gasteiger partial charge in [-0.25, -0.2) is 4.79 Å². The first kappa shape index (κ1) is 20.3. The number of hydrogen-bond donors (Lipinski definition) is 0. The molecular formula is C21H20N4O6. The maximum absolute atomic E-state index is 12.4. The predicted molar refractivity (Wildman–Crippen MR) is 110 cm³/mol. The lowest BCUT2D eigenvalue weighted by molar-refractivity contribution is -0.384. The lowest BCUT2D eigenvalue weighted by atomic mass is 10.1. The summed E-state index contributed by atoms with van der Waals surface area (Å²) in [4.78, 5) is 29.6. The van der Waals surface area contributed by atoms with Crippen LogP contribution in [0.4, 0.5) is 11.4 Å². The largest absolute Gasteiger partial charge is 0.497 e. The Kier molecular flexibility index (Phi) is 5.78. The molecule has 1 fully saturated rings. The summed E-state index contributed by atoms with van der Waals surface area (Å²) in [6.45, 7) is 1.28. The van der Waals surface area contributed by atoms with E-state index in [1.54, 1.807) is 37.4 Å². The molecule has 2 heterocycles. The van der Waals surface area contributed by atoms with Crippen LogP contribution in [-0.2, 0) is 11.3 Å². The van der Waals surface area contributed by atoms with Gasteiger partial charge in [0.1, 0.15) is 11.4 Å². The number of nitrogens with zero attached hydrogens (tertiary/aromatic N) is 4. The molecule has 1 saturated heterocycles. The summed E-state index contributed by atoms with van der Waals surface area (Å²) in [5.74, 6) is 0.452. The maximum Gasteiger partial charge on any atom is 0.338 e. The summed E-state index contributed by atoms with van der Waals surface area (Å²) in [6, 6.07) is 11.5. The monoisotopic (exact) mass is 424 g/mol. The molecule has 31 heavy (non-hydrogen) atoms. The standard InChI is InChI=1S/C21H20N4O6/c1-29-16-7-4-14(5-8-16)20-22-19(31-23-20)13-30-21(26)15-6-9-17(18(12-15)25(27)28)24-10-2-3-11-24/h4-9,12H,2-3,10-11,13H2,1H3. The van der Waals surface area contributed by atoms with Crippen LogP contribution in [-0.4, -0.2) is 41.2 Å². The van der Waals surface area contributed by atoms with Crippen LogP contribution < -0.4 is 9.64 Å². The highest BCUT2D eigenvalue weighted by molar-refractivity contribution is 5.91. The molecule has 0 N–H and O–H groups in total. The first-order valence-electron chi connectivity index (χ1n) is 9.72. The van der Waals surface area contributed by atoms with Crippen LogP contribution in [0.25, 0.3) is 11.4 Å². The zero-order chi connectivity index (χ0) is 21.8. The SMILES string of the molecule is COc1ccc(-c2noc(COC(=O)c3ccc(N4CCCC4)c([N+](=O)[O-])c3)n2)cc1. The molecule has 10 heteroatoms. The van der Waals surface area contributed by atoms with E-state index in [0.717, 1.165) is 31.5 Å². The Hall–Kier alpha value is -3.95. The second-order valence-corrected chi connectivity index (χ2v) is 6.97. The lowest BCUT2D eigenvalue weighted by Gasteiger charge is -2.17. The zero-order valence-corrected chi connectivity index (χ0v) is 16.8. The van der Waals surface area contributed by atoms with E-state index in [1.807, 2.05) is 4.90 Å². The molecule has 0 aliphatic carbocycles. The molecule has 3 aromatic rings. The van der Waals surface area contributed by atoms with Gasteiger partial charge < -0.3 is 18.9 Å². The van der Waals surface area contributed by atoms with Crippen molar-refractivity contribution in [3.63, 3.8) is 0 Å². The van der Waals surface area contributed by atoms with Crippen molar-refractivity contribution in [2.24, 2.45) is 0 Å². The quantitative estimate of drug-likeness (QED) is 0.318. The molecule has 0 saturated carbocycles.